The zero-order chi connectivity index (χ0) is 15.5. The van der Waals surface area contributed by atoms with E-state index < -0.39 is 11.9 Å². The topological polar surface area (TPSA) is 57.0 Å². The number of ether oxygens (including phenoxy) is 1. The summed E-state index contributed by atoms with van der Waals surface area (Å²) in [5.41, 5.74) is -0.799. The van der Waals surface area contributed by atoms with Crippen molar-refractivity contribution in [2.24, 2.45) is 0 Å². The van der Waals surface area contributed by atoms with E-state index in [2.05, 4.69) is 10.1 Å². The molecular weight excluding hydrogens is 421 g/mol. The molecule has 1 unspecified atom stereocenters. The van der Waals surface area contributed by atoms with Crippen molar-refractivity contribution in [2.75, 3.05) is 0 Å². The van der Waals surface area contributed by atoms with Crippen LogP contribution in [0, 0.1) is 0 Å². The lowest BCUT2D eigenvalue weighted by Crippen LogP contribution is -2.14. The Kier molecular flexibility index (Phi) is 5.15. The van der Waals surface area contributed by atoms with Crippen LogP contribution in [-0.2, 0) is 12.8 Å². The van der Waals surface area contributed by atoms with Gasteiger partial charge in [0, 0.05) is 17.8 Å². The zero-order valence-electron chi connectivity index (χ0n) is 10.3. The van der Waals surface area contributed by atoms with Gasteiger partial charge in [-0.2, -0.15) is 18.3 Å². The second-order valence-corrected chi connectivity index (χ2v) is 5.90. The smallest absolute Gasteiger partial charge is 0.433 e. The molecule has 2 heterocycles. The Morgan fingerprint density at radius 3 is 2.62 bits per heavy atom. The van der Waals surface area contributed by atoms with Gasteiger partial charge in [0.2, 0.25) is 0 Å². The number of pyridine rings is 1. The first-order chi connectivity index (χ1) is 9.90. The molecule has 0 fully saturated rings. The average molecular weight is 429 g/mol. The van der Waals surface area contributed by atoms with Crippen LogP contribution < -0.4 is 10.3 Å². The van der Waals surface area contributed by atoms with Gasteiger partial charge in [-0.15, -0.1) is 0 Å². The van der Waals surface area contributed by atoms with E-state index in [9.17, 15) is 18.0 Å². The van der Waals surface area contributed by atoms with E-state index in [0.717, 1.165) is 12.3 Å². The fourth-order valence-electron chi connectivity index (χ4n) is 1.38. The van der Waals surface area contributed by atoms with E-state index in [0.29, 0.717) is 5.56 Å². The number of alkyl halides is 3. The molecule has 1 atom stereocenters. The van der Waals surface area contributed by atoms with E-state index >= 15 is 0 Å². The van der Waals surface area contributed by atoms with Gasteiger partial charge in [-0.3, -0.25) is 9.78 Å². The van der Waals surface area contributed by atoms with Crippen LogP contribution >= 0.6 is 28.4 Å². The van der Waals surface area contributed by atoms with Gasteiger partial charge in [0.05, 0.1) is 12.6 Å². The molecule has 0 saturated carbocycles. The molecular formula is C11H8F3IN3O2P. The van der Waals surface area contributed by atoms with Crippen LogP contribution in [0.2, 0.25) is 0 Å². The van der Waals surface area contributed by atoms with Crippen molar-refractivity contribution in [1.29, 1.82) is 0 Å². The Labute approximate surface area is 131 Å². The van der Waals surface area contributed by atoms with Gasteiger partial charge in [0.15, 0.2) is 0 Å². The fourth-order valence-corrected chi connectivity index (χ4v) is 2.71. The Bertz CT molecular complexity index is 676. The van der Waals surface area contributed by atoms with Crippen LogP contribution in [0.25, 0.3) is 0 Å². The largest absolute Gasteiger partial charge is 0.487 e. The summed E-state index contributed by atoms with van der Waals surface area (Å²) in [5, 5.41) is 3.88. The first-order valence-electron chi connectivity index (χ1n) is 5.51. The van der Waals surface area contributed by atoms with Gasteiger partial charge < -0.3 is 4.74 Å². The SMILES string of the molecule is O=c1cc(OCc2ccc(C(F)(F)F)nc2)cnn1PI. The molecule has 5 nitrogen and oxygen atoms in total. The maximum Gasteiger partial charge on any atom is 0.433 e. The molecule has 0 aliphatic rings. The maximum absolute atomic E-state index is 12.3. The second kappa shape index (κ2) is 6.69. The molecule has 2 aromatic heterocycles. The Morgan fingerprint density at radius 2 is 2.10 bits per heavy atom. The molecule has 0 spiro atoms. The molecule has 2 aromatic rings. The van der Waals surface area contributed by atoms with Crippen LogP contribution in [0.1, 0.15) is 11.3 Å². The molecule has 0 amide bonds. The summed E-state index contributed by atoms with van der Waals surface area (Å²) in [5.74, 6) is 0.255. The van der Waals surface area contributed by atoms with Gasteiger partial charge in [0.1, 0.15) is 18.1 Å². The summed E-state index contributed by atoms with van der Waals surface area (Å²) >= 11 is 2.02. The summed E-state index contributed by atoms with van der Waals surface area (Å²) in [6, 6.07) is 3.43. The Balaban J connectivity index is 2.03. The number of hydrogen-bond donors (Lipinski definition) is 0. The summed E-state index contributed by atoms with van der Waals surface area (Å²) in [7, 11) is 0. The number of hydrogen-bond acceptors (Lipinski definition) is 4. The molecule has 0 N–H and O–H groups in total. The van der Waals surface area contributed by atoms with Gasteiger partial charge in [-0.1, -0.05) is 6.07 Å². The minimum absolute atomic E-state index is 0.00277. The first-order valence-corrected chi connectivity index (χ1v) is 9.57. The Hall–Kier alpha value is -1.22. The lowest BCUT2D eigenvalue weighted by Gasteiger charge is -2.08. The lowest BCUT2D eigenvalue weighted by molar-refractivity contribution is -0.141. The molecule has 0 saturated heterocycles. The minimum atomic E-state index is -4.46. The third-order valence-corrected chi connectivity index (χ3v) is 4.24. The molecule has 0 aliphatic carbocycles. The summed E-state index contributed by atoms with van der Waals surface area (Å²) in [4.78, 5) is 14.8. The van der Waals surface area contributed by atoms with Crippen LogP contribution in [0.5, 0.6) is 5.75 Å². The highest BCUT2D eigenvalue weighted by Gasteiger charge is 2.31. The van der Waals surface area contributed by atoms with Crippen LogP contribution in [0.4, 0.5) is 13.2 Å². The molecule has 112 valence electrons. The highest BCUT2D eigenvalue weighted by atomic mass is 127. The van der Waals surface area contributed by atoms with Crippen molar-refractivity contribution in [2.45, 2.75) is 12.8 Å². The monoisotopic (exact) mass is 429 g/mol. The standard InChI is InChI=1S/C11H8F3IN3O2P/c12-11(13,14)9-2-1-7(4-16-9)6-20-8-3-10(19)18(21-15)17-5-8/h1-5,21H,6H2. The predicted octanol–water partition coefficient (Wildman–Crippen LogP) is 3.03. The lowest BCUT2D eigenvalue weighted by atomic mass is 10.2. The van der Waals surface area contributed by atoms with Crippen LogP contribution in [0.3, 0.4) is 0 Å². The molecule has 0 radical (unpaired) electrons. The third kappa shape index (κ3) is 4.37. The number of nitrogens with zero attached hydrogens (tertiary/aromatic N) is 3. The van der Waals surface area contributed by atoms with E-state index in [1.165, 1.54) is 22.8 Å². The van der Waals surface area contributed by atoms with Crippen LogP contribution in [0.15, 0.2) is 35.4 Å². The zero-order valence-corrected chi connectivity index (χ0v) is 13.4. The quantitative estimate of drug-likeness (QED) is 0.554. The average Bonchev–Trinajstić information content (AvgIpc) is 2.45. The maximum atomic E-state index is 12.3. The van der Waals surface area contributed by atoms with E-state index in [1.54, 1.807) is 0 Å². The Morgan fingerprint density at radius 1 is 1.33 bits per heavy atom. The van der Waals surface area contributed by atoms with Crippen molar-refractivity contribution in [3.63, 3.8) is 0 Å². The molecule has 10 heteroatoms. The molecule has 2 rings (SSSR count). The number of halogens is 4. The van der Waals surface area contributed by atoms with E-state index in [4.69, 9.17) is 4.74 Å². The molecule has 21 heavy (non-hydrogen) atoms. The van der Waals surface area contributed by atoms with Gasteiger partial charge in [-0.25, -0.2) is 4.45 Å². The normalized spacial score (nSPS) is 12.0. The van der Waals surface area contributed by atoms with E-state index in [-0.39, 0.29) is 24.3 Å². The van der Waals surface area contributed by atoms with Crippen LogP contribution in [-0.4, -0.2) is 14.5 Å². The predicted molar refractivity (Wildman–Crippen MR) is 79.8 cm³/mol. The van der Waals surface area contributed by atoms with Gasteiger partial charge in [0.25, 0.3) is 5.56 Å². The molecule has 0 aliphatic heterocycles. The fraction of sp³-hybridized carbons (Fsp3) is 0.182. The highest BCUT2D eigenvalue weighted by Crippen LogP contribution is 2.27. The van der Waals surface area contributed by atoms with Gasteiger partial charge in [-0.05, 0) is 28.1 Å². The van der Waals surface area contributed by atoms with Crippen molar-refractivity contribution in [1.82, 2.24) is 14.5 Å². The van der Waals surface area contributed by atoms with Crippen molar-refractivity contribution < 1.29 is 17.9 Å². The summed E-state index contributed by atoms with van der Waals surface area (Å²) in [6.07, 6.45) is -1.81. The van der Waals surface area contributed by atoms with Gasteiger partial charge >= 0.3 is 6.18 Å². The van der Waals surface area contributed by atoms with Crippen molar-refractivity contribution >= 4 is 28.4 Å². The minimum Gasteiger partial charge on any atom is -0.487 e. The summed E-state index contributed by atoms with van der Waals surface area (Å²) < 4.78 is 43.6. The molecule has 0 aromatic carbocycles. The van der Waals surface area contributed by atoms with Crippen molar-refractivity contribution in [3.8, 4) is 5.75 Å². The highest BCUT2D eigenvalue weighted by molar-refractivity contribution is 14.2. The summed E-state index contributed by atoms with van der Waals surface area (Å²) in [6.45, 7) is 0.00277. The number of rotatable bonds is 4. The van der Waals surface area contributed by atoms with E-state index in [1.807, 2.05) is 22.0 Å². The number of aromatic nitrogens is 3. The molecule has 0 bridgehead atoms. The second-order valence-electron chi connectivity index (χ2n) is 3.86. The third-order valence-electron chi connectivity index (χ3n) is 2.38. The van der Waals surface area contributed by atoms with Crippen molar-refractivity contribution in [3.05, 3.63) is 52.2 Å². The first kappa shape index (κ1) is 16.2.